The van der Waals surface area contributed by atoms with Crippen LogP contribution >= 0.6 is 0 Å². The van der Waals surface area contributed by atoms with Crippen molar-refractivity contribution < 1.29 is 14.6 Å². The molecule has 0 saturated carbocycles. The Labute approximate surface area is 101 Å². The topological polar surface area (TPSA) is 46.5 Å². The van der Waals surface area contributed by atoms with Crippen molar-refractivity contribution in [3.05, 3.63) is 35.4 Å². The van der Waals surface area contributed by atoms with E-state index in [1.54, 1.807) is 25.1 Å². The summed E-state index contributed by atoms with van der Waals surface area (Å²) in [7, 11) is 0. The molecular formula is C14H16O3. The predicted molar refractivity (Wildman–Crippen MR) is 65.7 cm³/mol. The first-order chi connectivity index (χ1) is 8.20. The normalized spacial score (nSPS) is 16.6. The molecule has 90 valence electrons. The van der Waals surface area contributed by atoms with Gasteiger partial charge in [-0.15, -0.1) is 0 Å². The van der Waals surface area contributed by atoms with E-state index in [1.807, 2.05) is 6.07 Å². The summed E-state index contributed by atoms with van der Waals surface area (Å²) in [5.41, 5.74) is 3.17. The van der Waals surface area contributed by atoms with E-state index in [9.17, 15) is 9.90 Å². The van der Waals surface area contributed by atoms with Crippen molar-refractivity contribution in [3.63, 3.8) is 0 Å². The Morgan fingerprint density at radius 2 is 2.29 bits per heavy atom. The molecule has 2 rings (SSSR count). The minimum Gasteiger partial charge on any atom is -0.508 e. The number of fused-ring (bicyclic) bond motifs is 1. The monoisotopic (exact) mass is 232 g/mol. The molecule has 0 aliphatic heterocycles. The summed E-state index contributed by atoms with van der Waals surface area (Å²) >= 11 is 0. The number of benzene rings is 1. The Hall–Kier alpha value is -1.77. The molecule has 1 aliphatic carbocycles. The Morgan fingerprint density at radius 3 is 3.06 bits per heavy atom. The van der Waals surface area contributed by atoms with Crippen LogP contribution in [0.4, 0.5) is 0 Å². The van der Waals surface area contributed by atoms with Gasteiger partial charge in [0.25, 0.3) is 0 Å². The summed E-state index contributed by atoms with van der Waals surface area (Å²) < 4.78 is 4.92. The van der Waals surface area contributed by atoms with Gasteiger partial charge in [0.1, 0.15) is 5.75 Å². The number of carbonyl (C=O) groups is 1. The summed E-state index contributed by atoms with van der Waals surface area (Å²) in [6, 6.07) is 5.30. The Balaban J connectivity index is 2.31. The number of hydrogen-bond donors (Lipinski definition) is 1. The molecule has 17 heavy (non-hydrogen) atoms. The molecule has 1 aromatic carbocycles. The highest BCUT2D eigenvalue weighted by Crippen LogP contribution is 2.32. The zero-order valence-electron chi connectivity index (χ0n) is 9.90. The fraction of sp³-hybridized carbons (Fsp3) is 0.357. The van der Waals surface area contributed by atoms with Crippen molar-refractivity contribution in [2.75, 3.05) is 6.61 Å². The van der Waals surface area contributed by atoms with Gasteiger partial charge in [0, 0.05) is 6.08 Å². The molecule has 0 fully saturated rings. The molecule has 1 N–H and O–H groups in total. The molecule has 3 heteroatoms. The van der Waals surface area contributed by atoms with Crippen molar-refractivity contribution in [2.24, 2.45) is 0 Å². The van der Waals surface area contributed by atoms with Crippen LogP contribution in [0.15, 0.2) is 24.3 Å². The van der Waals surface area contributed by atoms with Crippen molar-refractivity contribution in [1.82, 2.24) is 0 Å². The number of aromatic hydroxyl groups is 1. The number of phenolic OH excluding ortho intramolecular Hbond substituents is 1. The molecule has 0 bridgehead atoms. The summed E-state index contributed by atoms with van der Waals surface area (Å²) in [5, 5.41) is 9.43. The number of allylic oxidation sites excluding steroid dienone is 1. The fourth-order valence-corrected chi connectivity index (χ4v) is 2.18. The zero-order chi connectivity index (χ0) is 12.3. The summed E-state index contributed by atoms with van der Waals surface area (Å²) in [6.07, 6.45) is 4.40. The van der Waals surface area contributed by atoms with Crippen molar-refractivity contribution in [3.8, 4) is 5.75 Å². The molecule has 0 aromatic heterocycles. The van der Waals surface area contributed by atoms with Gasteiger partial charge in [-0.2, -0.15) is 0 Å². The van der Waals surface area contributed by atoms with E-state index >= 15 is 0 Å². The van der Waals surface area contributed by atoms with E-state index < -0.39 is 0 Å². The summed E-state index contributed by atoms with van der Waals surface area (Å²) in [6.45, 7) is 2.19. The lowest BCUT2D eigenvalue weighted by atomic mass is 9.87. The fourth-order valence-electron chi connectivity index (χ4n) is 2.18. The second-order valence-corrected chi connectivity index (χ2v) is 4.12. The molecule has 0 radical (unpaired) electrons. The summed E-state index contributed by atoms with van der Waals surface area (Å²) in [4.78, 5) is 11.4. The predicted octanol–water partition coefficient (Wildman–Crippen LogP) is 2.68. The lowest BCUT2D eigenvalue weighted by molar-refractivity contribution is -0.137. The lowest BCUT2D eigenvalue weighted by Crippen LogP contribution is -2.05. The number of esters is 1. The lowest BCUT2D eigenvalue weighted by Gasteiger charge is -2.18. The highest BCUT2D eigenvalue weighted by atomic mass is 16.5. The van der Waals surface area contributed by atoms with E-state index in [2.05, 4.69) is 0 Å². The maximum Gasteiger partial charge on any atom is 0.331 e. The third-order valence-corrected chi connectivity index (χ3v) is 2.91. The molecule has 1 aliphatic rings. The van der Waals surface area contributed by atoms with Crippen LogP contribution in [0.1, 0.15) is 30.9 Å². The van der Waals surface area contributed by atoms with Crippen LogP contribution < -0.4 is 0 Å². The second-order valence-electron chi connectivity index (χ2n) is 4.12. The first-order valence-electron chi connectivity index (χ1n) is 5.90. The molecule has 0 atom stereocenters. The average Bonchev–Trinajstić information content (AvgIpc) is 2.29. The van der Waals surface area contributed by atoms with Crippen LogP contribution in [-0.4, -0.2) is 17.7 Å². The highest BCUT2D eigenvalue weighted by molar-refractivity contribution is 5.92. The number of phenols is 1. The van der Waals surface area contributed by atoms with Gasteiger partial charge in [-0.25, -0.2) is 4.79 Å². The maximum atomic E-state index is 11.4. The second kappa shape index (κ2) is 5.04. The van der Waals surface area contributed by atoms with Crippen LogP contribution in [-0.2, 0) is 16.0 Å². The molecule has 0 heterocycles. The van der Waals surface area contributed by atoms with Gasteiger partial charge < -0.3 is 9.84 Å². The van der Waals surface area contributed by atoms with Crippen LogP contribution in [0, 0.1) is 0 Å². The number of rotatable bonds is 2. The van der Waals surface area contributed by atoms with E-state index in [1.165, 1.54) is 0 Å². The van der Waals surface area contributed by atoms with Crippen molar-refractivity contribution in [2.45, 2.75) is 26.2 Å². The van der Waals surface area contributed by atoms with Crippen LogP contribution in [0.2, 0.25) is 0 Å². The molecule has 0 spiro atoms. The number of carbonyl (C=O) groups excluding carboxylic acids is 1. The number of ether oxygens (including phenoxy) is 1. The van der Waals surface area contributed by atoms with Gasteiger partial charge >= 0.3 is 5.97 Å². The van der Waals surface area contributed by atoms with Gasteiger partial charge in [-0.1, -0.05) is 6.07 Å². The summed E-state index contributed by atoms with van der Waals surface area (Å²) in [5.74, 6) is -0.00967. The van der Waals surface area contributed by atoms with Crippen LogP contribution in [0.3, 0.4) is 0 Å². The molecule has 3 nitrogen and oxygen atoms in total. The van der Waals surface area contributed by atoms with E-state index in [0.717, 1.165) is 36.0 Å². The van der Waals surface area contributed by atoms with Gasteiger partial charge in [0.15, 0.2) is 0 Å². The number of aryl methyl sites for hydroxylation is 1. The zero-order valence-corrected chi connectivity index (χ0v) is 9.90. The largest absolute Gasteiger partial charge is 0.508 e. The smallest absolute Gasteiger partial charge is 0.331 e. The average molecular weight is 232 g/mol. The molecule has 1 aromatic rings. The first-order valence-corrected chi connectivity index (χ1v) is 5.90. The van der Waals surface area contributed by atoms with Crippen LogP contribution in [0.25, 0.3) is 5.57 Å². The quantitative estimate of drug-likeness (QED) is 0.630. The minimum atomic E-state index is -0.288. The first kappa shape index (κ1) is 11.7. The SMILES string of the molecule is CCOC(=O)/C=C1\CCCc2cc(O)ccc21. The molecule has 0 unspecified atom stereocenters. The highest BCUT2D eigenvalue weighted by Gasteiger charge is 2.15. The van der Waals surface area contributed by atoms with E-state index in [4.69, 9.17) is 4.74 Å². The van der Waals surface area contributed by atoms with Gasteiger partial charge in [0.2, 0.25) is 0 Å². The van der Waals surface area contributed by atoms with Gasteiger partial charge in [-0.05, 0) is 55.0 Å². The Morgan fingerprint density at radius 1 is 1.47 bits per heavy atom. The van der Waals surface area contributed by atoms with E-state index in [-0.39, 0.29) is 11.7 Å². The molecule has 0 saturated heterocycles. The Bertz CT molecular complexity index is 461. The molecule has 0 amide bonds. The maximum absolute atomic E-state index is 11.4. The molecular weight excluding hydrogens is 216 g/mol. The van der Waals surface area contributed by atoms with E-state index in [0.29, 0.717) is 6.61 Å². The standard InChI is InChI=1S/C14H16O3/c1-2-17-14(16)9-11-5-3-4-10-8-12(15)6-7-13(10)11/h6-9,15H,2-5H2,1H3/b11-9+. The van der Waals surface area contributed by atoms with Crippen molar-refractivity contribution >= 4 is 11.5 Å². The number of hydrogen-bond acceptors (Lipinski definition) is 3. The van der Waals surface area contributed by atoms with Gasteiger partial charge in [-0.3, -0.25) is 0 Å². The third kappa shape index (κ3) is 2.67. The van der Waals surface area contributed by atoms with Gasteiger partial charge in [0.05, 0.1) is 6.61 Å². The third-order valence-electron chi connectivity index (χ3n) is 2.91. The minimum absolute atomic E-state index is 0.279. The van der Waals surface area contributed by atoms with Crippen molar-refractivity contribution in [1.29, 1.82) is 0 Å². The Kier molecular flexibility index (Phi) is 3.47. The van der Waals surface area contributed by atoms with Crippen LogP contribution in [0.5, 0.6) is 5.75 Å².